The zero-order valence-corrected chi connectivity index (χ0v) is 10.8. The van der Waals surface area contributed by atoms with Crippen LogP contribution in [-0.4, -0.2) is 25.1 Å². The summed E-state index contributed by atoms with van der Waals surface area (Å²) in [6, 6.07) is 6.35. The molecule has 0 N–H and O–H groups in total. The Kier molecular flexibility index (Phi) is 3.66. The van der Waals surface area contributed by atoms with E-state index in [1.165, 1.54) is 24.3 Å². The van der Waals surface area contributed by atoms with E-state index in [0.717, 1.165) is 31.2 Å². The highest BCUT2D eigenvalue weighted by molar-refractivity contribution is 5.87. The molecule has 1 amide bonds. The first-order chi connectivity index (χ1) is 8.60. The van der Waals surface area contributed by atoms with Crippen molar-refractivity contribution in [2.45, 2.75) is 31.1 Å². The molecule has 1 fully saturated rings. The highest BCUT2D eigenvalue weighted by Gasteiger charge is 2.44. The predicted molar refractivity (Wildman–Crippen MR) is 66.3 cm³/mol. The number of nitrogens with zero attached hydrogens (tertiary/aromatic N) is 1. The average molecular weight is 251 g/mol. The molecule has 98 valence electrons. The Labute approximate surface area is 106 Å². The molecule has 0 atom stereocenters. The van der Waals surface area contributed by atoms with Crippen molar-refractivity contribution in [3.63, 3.8) is 0 Å². The van der Waals surface area contributed by atoms with Crippen LogP contribution >= 0.6 is 0 Å². The van der Waals surface area contributed by atoms with Gasteiger partial charge in [-0.05, 0) is 30.5 Å². The number of hydrogen-bond acceptors (Lipinski definition) is 2. The van der Waals surface area contributed by atoms with Crippen molar-refractivity contribution in [3.05, 3.63) is 35.6 Å². The van der Waals surface area contributed by atoms with Gasteiger partial charge >= 0.3 is 0 Å². The molecule has 0 spiro atoms. The van der Waals surface area contributed by atoms with Crippen molar-refractivity contribution >= 4 is 5.91 Å². The molecule has 18 heavy (non-hydrogen) atoms. The second-order valence-electron chi connectivity index (χ2n) is 4.78. The molecule has 0 heterocycles. The zero-order valence-electron chi connectivity index (χ0n) is 10.8. The van der Waals surface area contributed by atoms with E-state index < -0.39 is 5.41 Å². The molecule has 2 rings (SSSR count). The quantitative estimate of drug-likeness (QED) is 0.773. The van der Waals surface area contributed by atoms with Crippen LogP contribution in [-0.2, 0) is 15.0 Å². The Bertz CT molecular complexity index is 441. The summed E-state index contributed by atoms with van der Waals surface area (Å²) in [4.78, 5) is 17.5. The molecule has 3 nitrogen and oxygen atoms in total. The minimum Gasteiger partial charge on any atom is -0.275 e. The topological polar surface area (TPSA) is 29.5 Å². The zero-order chi connectivity index (χ0) is 13.2. The van der Waals surface area contributed by atoms with Crippen molar-refractivity contribution in [1.29, 1.82) is 0 Å². The molecule has 0 unspecified atom stereocenters. The van der Waals surface area contributed by atoms with E-state index in [0.29, 0.717) is 0 Å². The lowest BCUT2D eigenvalue weighted by molar-refractivity contribution is -0.175. The van der Waals surface area contributed by atoms with Crippen LogP contribution in [0.4, 0.5) is 4.39 Å². The summed E-state index contributed by atoms with van der Waals surface area (Å²) in [5.41, 5.74) is 0.140. The van der Waals surface area contributed by atoms with E-state index in [-0.39, 0.29) is 11.7 Å². The van der Waals surface area contributed by atoms with Crippen molar-refractivity contribution in [2.24, 2.45) is 0 Å². The van der Waals surface area contributed by atoms with E-state index in [2.05, 4.69) is 0 Å². The number of amides is 1. The van der Waals surface area contributed by atoms with E-state index in [1.54, 1.807) is 13.1 Å². The maximum absolute atomic E-state index is 13.4. The minimum absolute atomic E-state index is 0.0897. The molecular weight excluding hydrogens is 233 g/mol. The fourth-order valence-corrected chi connectivity index (χ4v) is 2.78. The highest BCUT2D eigenvalue weighted by atomic mass is 19.1. The lowest BCUT2D eigenvalue weighted by Gasteiger charge is -2.31. The van der Waals surface area contributed by atoms with Gasteiger partial charge in [0.1, 0.15) is 5.82 Å². The number of carbonyl (C=O) groups excluding carboxylic acids is 1. The molecule has 1 aromatic carbocycles. The van der Waals surface area contributed by atoms with Crippen molar-refractivity contribution in [2.75, 3.05) is 14.2 Å². The molecule has 1 aromatic rings. The number of hydrogen-bond donors (Lipinski definition) is 0. The fraction of sp³-hybridized carbons (Fsp3) is 0.500. The third kappa shape index (κ3) is 2.12. The second kappa shape index (κ2) is 5.06. The first-order valence-corrected chi connectivity index (χ1v) is 6.18. The van der Waals surface area contributed by atoms with Crippen molar-refractivity contribution in [1.82, 2.24) is 5.06 Å². The summed E-state index contributed by atoms with van der Waals surface area (Å²) in [6.07, 6.45) is 3.48. The first-order valence-electron chi connectivity index (χ1n) is 6.18. The van der Waals surface area contributed by atoms with Crippen molar-refractivity contribution < 1.29 is 14.0 Å². The van der Waals surface area contributed by atoms with Crippen LogP contribution in [0.2, 0.25) is 0 Å². The number of likely N-dealkylation sites (N-methyl/N-ethyl adjacent to an activating group) is 1. The smallest absolute Gasteiger partial charge is 0.256 e. The van der Waals surface area contributed by atoms with Gasteiger partial charge in [-0.3, -0.25) is 9.63 Å². The third-order valence-electron chi connectivity index (χ3n) is 3.80. The Balaban J connectivity index is 2.41. The van der Waals surface area contributed by atoms with Gasteiger partial charge < -0.3 is 0 Å². The summed E-state index contributed by atoms with van der Waals surface area (Å²) >= 11 is 0. The maximum atomic E-state index is 13.4. The summed E-state index contributed by atoms with van der Waals surface area (Å²) < 4.78 is 13.4. The number of hydroxylamine groups is 2. The summed E-state index contributed by atoms with van der Waals surface area (Å²) in [7, 11) is 3.06. The van der Waals surface area contributed by atoms with Gasteiger partial charge in [-0.1, -0.05) is 25.0 Å². The molecule has 0 radical (unpaired) electrons. The Morgan fingerprint density at radius 3 is 2.61 bits per heavy atom. The molecular formula is C14H18FNO2. The number of benzene rings is 1. The monoisotopic (exact) mass is 251 g/mol. The Morgan fingerprint density at radius 2 is 2.06 bits per heavy atom. The molecule has 1 aliphatic carbocycles. The Hall–Kier alpha value is -1.42. The lowest BCUT2D eigenvalue weighted by Crippen LogP contribution is -2.43. The van der Waals surface area contributed by atoms with Gasteiger partial charge in [0.2, 0.25) is 0 Å². The molecule has 1 saturated carbocycles. The summed E-state index contributed by atoms with van der Waals surface area (Å²) in [5, 5.41) is 1.25. The highest BCUT2D eigenvalue weighted by Crippen LogP contribution is 2.42. The van der Waals surface area contributed by atoms with Crippen LogP contribution in [0.25, 0.3) is 0 Å². The molecule has 0 aliphatic heterocycles. The molecule has 0 saturated heterocycles. The van der Waals surface area contributed by atoms with Gasteiger partial charge in [0.05, 0.1) is 12.5 Å². The Morgan fingerprint density at radius 1 is 1.39 bits per heavy atom. The van der Waals surface area contributed by atoms with Gasteiger partial charge in [0, 0.05) is 7.05 Å². The SMILES string of the molecule is CON(C)C(=O)C1(c2cccc(F)c2)CCCC1. The largest absolute Gasteiger partial charge is 0.275 e. The number of rotatable bonds is 3. The lowest BCUT2D eigenvalue weighted by atomic mass is 9.78. The van der Waals surface area contributed by atoms with Gasteiger partial charge in [-0.25, -0.2) is 9.45 Å². The minimum atomic E-state index is -0.618. The maximum Gasteiger partial charge on any atom is 0.256 e. The molecule has 4 heteroatoms. The number of halogens is 1. The standard InChI is InChI=1S/C14H18FNO2/c1-16(18-2)13(17)14(8-3-4-9-14)11-6-5-7-12(15)10-11/h5-7,10H,3-4,8-9H2,1-2H3. The molecule has 1 aliphatic rings. The normalized spacial score (nSPS) is 17.7. The van der Waals surface area contributed by atoms with Crippen LogP contribution in [0.1, 0.15) is 31.2 Å². The van der Waals surface area contributed by atoms with Gasteiger partial charge in [0.15, 0.2) is 0 Å². The average Bonchev–Trinajstić information content (AvgIpc) is 2.87. The van der Waals surface area contributed by atoms with E-state index in [4.69, 9.17) is 4.84 Å². The molecule has 0 aromatic heterocycles. The van der Waals surface area contributed by atoms with E-state index >= 15 is 0 Å². The van der Waals surface area contributed by atoms with Crippen LogP contribution < -0.4 is 0 Å². The van der Waals surface area contributed by atoms with Crippen LogP contribution in [0.5, 0.6) is 0 Å². The van der Waals surface area contributed by atoms with Crippen LogP contribution in [0.15, 0.2) is 24.3 Å². The molecule has 0 bridgehead atoms. The van der Waals surface area contributed by atoms with Crippen molar-refractivity contribution in [3.8, 4) is 0 Å². The van der Waals surface area contributed by atoms with E-state index in [9.17, 15) is 9.18 Å². The predicted octanol–water partition coefficient (Wildman–Crippen LogP) is 2.66. The van der Waals surface area contributed by atoms with Gasteiger partial charge in [0.25, 0.3) is 5.91 Å². The van der Waals surface area contributed by atoms with E-state index in [1.807, 2.05) is 6.07 Å². The second-order valence-corrected chi connectivity index (χ2v) is 4.78. The summed E-state index contributed by atoms with van der Waals surface area (Å²) in [6.45, 7) is 0. The number of carbonyl (C=O) groups is 1. The third-order valence-corrected chi connectivity index (χ3v) is 3.80. The van der Waals surface area contributed by atoms with Crippen LogP contribution in [0, 0.1) is 5.82 Å². The summed E-state index contributed by atoms with van der Waals surface area (Å²) in [5.74, 6) is -0.389. The van der Waals surface area contributed by atoms with Gasteiger partial charge in [-0.2, -0.15) is 0 Å². The fourth-order valence-electron chi connectivity index (χ4n) is 2.78. The van der Waals surface area contributed by atoms with Gasteiger partial charge in [-0.15, -0.1) is 0 Å². The first kappa shape index (κ1) is 13.0. The van der Waals surface area contributed by atoms with Crippen LogP contribution in [0.3, 0.4) is 0 Å².